The number of aryl methyl sites for hydroxylation is 1. The highest BCUT2D eigenvalue weighted by Crippen LogP contribution is 2.21. The third-order valence-corrected chi connectivity index (χ3v) is 2.24. The van der Waals surface area contributed by atoms with Gasteiger partial charge in [0.1, 0.15) is 11.6 Å². The molecule has 0 spiro atoms. The minimum atomic E-state index is 0.513. The van der Waals surface area contributed by atoms with E-state index in [-0.39, 0.29) is 0 Å². The maximum absolute atomic E-state index is 5.64. The van der Waals surface area contributed by atoms with Crippen LogP contribution in [-0.4, -0.2) is 9.97 Å². The Labute approximate surface area is 88.0 Å². The average Bonchev–Trinajstić information content (AvgIpc) is 2.23. The van der Waals surface area contributed by atoms with Gasteiger partial charge in [-0.05, 0) is 30.7 Å². The zero-order valence-electron chi connectivity index (χ0n) is 8.44. The van der Waals surface area contributed by atoms with Crippen molar-refractivity contribution in [3.63, 3.8) is 0 Å². The highest BCUT2D eigenvalue weighted by molar-refractivity contribution is 5.65. The number of anilines is 2. The van der Waals surface area contributed by atoms with Crippen LogP contribution in [0.2, 0.25) is 0 Å². The lowest BCUT2D eigenvalue weighted by Gasteiger charge is -2.04. The van der Waals surface area contributed by atoms with Crippen molar-refractivity contribution < 1.29 is 0 Å². The second-order valence-corrected chi connectivity index (χ2v) is 3.40. The minimum Gasteiger partial charge on any atom is -0.384 e. The molecule has 4 heteroatoms. The summed E-state index contributed by atoms with van der Waals surface area (Å²) in [6.45, 7) is 1.93. The van der Waals surface area contributed by atoms with Gasteiger partial charge in [-0.1, -0.05) is 0 Å². The van der Waals surface area contributed by atoms with Gasteiger partial charge in [0.15, 0.2) is 0 Å². The second kappa shape index (κ2) is 3.57. The predicted octanol–water partition coefficient (Wildman–Crippen LogP) is 1.62. The first-order chi connectivity index (χ1) is 7.16. The summed E-state index contributed by atoms with van der Waals surface area (Å²) in [7, 11) is 0. The topological polar surface area (TPSA) is 77.8 Å². The molecule has 0 bridgehead atoms. The minimum absolute atomic E-state index is 0.513. The Bertz CT molecular complexity index is 476. The molecule has 0 aromatic carbocycles. The Morgan fingerprint density at radius 1 is 1.00 bits per heavy atom. The van der Waals surface area contributed by atoms with Crippen LogP contribution in [-0.2, 0) is 0 Å². The molecule has 2 rings (SSSR count). The van der Waals surface area contributed by atoms with Gasteiger partial charge in [-0.15, -0.1) is 0 Å². The monoisotopic (exact) mass is 200 g/mol. The summed E-state index contributed by atoms with van der Waals surface area (Å²) in [6.07, 6.45) is 3.46. The normalized spacial score (nSPS) is 10.2. The molecule has 0 unspecified atom stereocenters. The van der Waals surface area contributed by atoms with Crippen molar-refractivity contribution >= 4 is 11.6 Å². The van der Waals surface area contributed by atoms with Crippen molar-refractivity contribution in [2.75, 3.05) is 11.5 Å². The van der Waals surface area contributed by atoms with Gasteiger partial charge < -0.3 is 11.5 Å². The number of nitrogen functional groups attached to an aromatic ring is 2. The van der Waals surface area contributed by atoms with Crippen LogP contribution in [0.5, 0.6) is 0 Å². The van der Waals surface area contributed by atoms with Gasteiger partial charge in [0.05, 0.1) is 0 Å². The highest BCUT2D eigenvalue weighted by Gasteiger charge is 2.01. The molecular weight excluding hydrogens is 188 g/mol. The zero-order valence-corrected chi connectivity index (χ0v) is 8.44. The van der Waals surface area contributed by atoms with Crippen LogP contribution in [0.3, 0.4) is 0 Å². The summed E-state index contributed by atoms with van der Waals surface area (Å²) in [4.78, 5) is 8.12. The van der Waals surface area contributed by atoms with Crippen LogP contribution in [0.4, 0.5) is 11.6 Å². The van der Waals surface area contributed by atoms with Crippen LogP contribution < -0.4 is 11.5 Å². The van der Waals surface area contributed by atoms with Gasteiger partial charge in [-0.3, -0.25) is 0 Å². The van der Waals surface area contributed by atoms with Crippen LogP contribution in [0.1, 0.15) is 5.56 Å². The van der Waals surface area contributed by atoms with E-state index in [4.69, 9.17) is 11.5 Å². The highest BCUT2D eigenvalue weighted by atomic mass is 14.8. The van der Waals surface area contributed by atoms with E-state index < -0.39 is 0 Å². The molecule has 0 radical (unpaired) electrons. The molecule has 2 aromatic rings. The Morgan fingerprint density at radius 3 is 2.33 bits per heavy atom. The lowest BCUT2D eigenvalue weighted by molar-refractivity contribution is 1.27. The standard InChI is InChI=1S/C11H12N4/c1-7-4-9(6-15-11(7)13)8-2-3-10(12)14-5-8/h2-6H,1H3,(H2,12,14)(H2,13,15). The molecule has 0 aliphatic rings. The summed E-state index contributed by atoms with van der Waals surface area (Å²) in [6, 6.07) is 5.66. The predicted molar refractivity (Wildman–Crippen MR) is 61.0 cm³/mol. The maximum atomic E-state index is 5.64. The second-order valence-electron chi connectivity index (χ2n) is 3.40. The molecule has 2 heterocycles. The maximum Gasteiger partial charge on any atom is 0.126 e. The van der Waals surface area contributed by atoms with Crippen molar-refractivity contribution in [1.82, 2.24) is 9.97 Å². The fourth-order valence-corrected chi connectivity index (χ4v) is 1.32. The van der Waals surface area contributed by atoms with E-state index in [1.165, 1.54) is 0 Å². The summed E-state index contributed by atoms with van der Waals surface area (Å²) >= 11 is 0. The fraction of sp³-hybridized carbons (Fsp3) is 0.0909. The van der Waals surface area contributed by atoms with Gasteiger partial charge in [0, 0.05) is 23.5 Å². The van der Waals surface area contributed by atoms with E-state index in [1.54, 1.807) is 18.5 Å². The largest absolute Gasteiger partial charge is 0.384 e. The number of aromatic nitrogens is 2. The number of hydrogen-bond donors (Lipinski definition) is 2. The molecule has 0 amide bonds. The number of rotatable bonds is 1. The van der Waals surface area contributed by atoms with Crippen LogP contribution >= 0.6 is 0 Å². The lowest BCUT2D eigenvalue weighted by atomic mass is 10.1. The van der Waals surface area contributed by atoms with E-state index in [2.05, 4.69) is 9.97 Å². The zero-order chi connectivity index (χ0) is 10.8. The summed E-state index contributed by atoms with van der Waals surface area (Å²) in [5.74, 6) is 1.07. The molecule has 2 aromatic heterocycles. The molecule has 4 nitrogen and oxygen atoms in total. The van der Waals surface area contributed by atoms with E-state index in [9.17, 15) is 0 Å². The van der Waals surface area contributed by atoms with Gasteiger partial charge in [0.2, 0.25) is 0 Å². The first-order valence-electron chi connectivity index (χ1n) is 4.61. The van der Waals surface area contributed by atoms with Crippen LogP contribution in [0, 0.1) is 6.92 Å². The Kier molecular flexibility index (Phi) is 2.25. The molecule has 0 aliphatic carbocycles. The van der Waals surface area contributed by atoms with Gasteiger partial charge in [0.25, 0.3) is 0 Å². The molecule has 0 saturated carbocycles. The van der Waals surface area contributed by atoms with E-state index in [0.29, 0.717) is 11.6 Å². The smallest absolute Gasteiger partial charge is 0.126 e. The Balaban J connectivity index is 2.45. The lowest BCUT2D eigenvalue weighted by Crippen LogP contribution is -1.94. The summed E-state index contributed by atoms with van der Waals surface area (Å²) in [5, 5.41) is 0. The van der Waals surface area contributed by atoms with E-state index in [0.717, 1.165) is 16.7 Å². The van der Waals surface area contributed by atoms with Crippen molar-refractivity contribution in [2.24, 2.45) is 0 Å². The molecule has 0 fully saturated rings. The molecule has 76 valence electrons. The third-order valence-electron chi connectivity index (χ3n) is 2.24. The molecule has 0 saturated heterocycles. The number of pyridine rings is 2. The van der Waals surface area contributed by atoms with Gasteiger partial charge in [-0.25, -0.2) is 9.97 Å². The Hall–Kier alpha value is -2.10. The number of nitrogens with two attached hydrogens (primary N) is 2. The Morgan fingerprint density at radius 2 is 1.73 bits per heavy atom. The number of hydrogen-bond acceptors (Lipinski definition) is 4. The fourth-order valence-electron chi connectivity index (χ4n) is 1.32. The van der Waals surface area contributed by atoms with Crippen molar-refractivity contribution in [3.05, 3.63) is 36.2 Å². The molecule has 0 atom stereocenters. The molecule has 15 heavy (non-hydrogen) atoms. The quantitative estimate of drug-likeness (QED) is 0.733. The van der Waals surface area contributed by atoms with Crippen molar-refractivity contribution in [1.29, 1.82) is 0 Å². The molecular formula is C11H12N4. The molecule has 0 aliphatic heterocycles. The third kappa shape index (κ3) is 1.88. The summed E-state index contributed by atoms with van der Waals surface area (Å²) in [5.41, 5.74) is 14.1. The van der Waals surface area contributed by atoms with Gasteiger partial charge >= 0.3 is 0 Å². The van der Waals surface area contributed by atoms with E-state index >= 15 is 0 Å². The SMILES string of the molecule is Cc1cc(-c2ccc(N)nc2)cnc1N. The van der Waals surface area contributed by atoms with Crippen molar-refractivity contribution in [2.45, 2.75) is 6.92 Å². The summed E-state index contributed by atoms with van der Waals surface area (Å²) < 4.78 is 0. The average molecular weight is 200 g/mol. The van der Waals surface area contributed by atoms with E-state index in [1.807, 2.05) is 19.1 Å². The van der Waals surface area contributed by atoms with Crippen LogP contribution in [0.15, 0.2) is 30.6 Å². The number of nitrogens with zero attached hydrogens (tertiary/aromatic N) is 2. The van der Waals surface area contributed by atoms with Crippen LogP contribution in [0.25, 0.3) is 11.1 Å². The van der Waals surface area contributed by atoms with Crippen molar-refractivity contribution in [3.8, 4) is 11.1 Å². The first kappa shape index (κ1) is 9.45. The molecule has 4 N–H and O–H groups in total. The van der Waals surface area contributed by atoms with Gasteiger partial charge in [-0.2, -0.15) is 0 Å². The first-order valence-corrected chi connectivity index (χ1v) is 4.61.